The van der Waals surface area contributed by atoms with Crippen molar-refractivity contribution >= 4 is 10.9 Å². The molecule has 0 radical (unpaired) electrons. The number of nitrogen functional groups attached to an aromatic ring is 1. The van der Waals surface area contributed by atoms with Gasteiger partial charge in [-0.05, 0) is 6.07 Å². The Balaban J connectivity index is 0.000000605. The molecule has 0 aliphatic heterocycles. The van der Waals surface area contributed by atoms with Crippen molar-refractivity contribution in [3.05, 3.63) is 30.5 Å². The molecule has 4 heteroatoms. The predicted molar refractivity (Wildman–Crippen MR) is 44.9 cm³/mol. The van der Waals surface area contributed by atoms with Crippen LogP contribution in [0.2, 0.25) is 0 Å². The van der Waals surface area contributed by atoms with Crippen molar-refractivity contribution in [2.75, 3.05) is 5.84 Å². The molecule has 0 aliphatic carbocycles. The minimum Gasteiger partial charge on any atom is -0.344 e. The van der Waals surface area contributed by atoms with Crippen molar-refractivity contribution in [2.24, 2.45) is 0 Å². The molecule has 0 amide bonds. The summed E-state index contributed by atoms with van der Waals surface area (Å²) in [7, 11) is 0. The Morgan fingerprint density at radius 3 is 2.73 bits per heavy atom. The molecule has 2 aromatic rings. The summed E-state index contributed by atoms with van der Waals surface area (Å²) in [6.07, 6.45) is 1.79. The molecule has 11 heavy (non-hydrogen) atoms. The predicted octanol–water partition coefficient (Wildman–Crippen LogP) is 0.912. The van der Waals surface area contributed by atoms with E-state index in [1.807, 2.05) is 24.3 Å². The van der Waals surface area contributed by atoms with Crippen LogP contribution in [0, 0.1) is 0 Å². The molecule has 2 rings (SSSR count). The molecule has 0 unspecified atom stereocenters. The van der Waals surface area contributed by atoms with Crippen LogP contribution in [-0.2, 0) is 0 Å². The summed E-state index contributed by atoms with van der Waals surface area (Å²) in [5.41, 5.74) is 0.935. The Labute approximate surface area is 64.2 Å². The number of benzene rings is 1. The lowest BCUT2D eigenvalue weighted by atomic mass is 10.3. The first kappa shape index (κ1) is 7.56. The number of rotatable bonds is 0. The van der Waals surface area contributed by atoms with Crippen LogP contribution >= 0.6 is 0 Å². The standard InChI is InChI=1S/C7H7N3.H3N/c8-10-5-6-3-1-2-4-7(6)9-10;/h1-5H,8H2;1H3. The van der Waals surface area contributed by atoms with Gasteiger partial charge in [0.05, 0.1) is 11.7 Å². The van der Waals surface area contributed by atoms with Crippen LogP contribution in [-0.4, -0.2) is 9.89 Å². The summed E-state index contributed by atoms with van der Waals surface area (Å²) in [5, 5.41) is 5.08. The van der Waals surface area contributed by atoms with Crippen molar-refractivity contribution in [1.29, 1.82) is 0 Å². The van der Waals surface area contributed by atoms with E-state index in [0.29, 0.717) is 0 Å². The van der Waals surface area contributed by atoms with Crippen LogP contribution in [0.4, 0.5) is 0 Å². The highest BCUT2D eigenvalue weighted by atomic mass is 15.5. The Bertz CT molecular complexity index is 319. The van der Waals surface area contributed by atoms with Gasteiger partial charge in [-0.2, -0.15) is 9.89 Å². The van der Waals surface area contributed by atoms with E-state index < -0.39 is 0 Å². The monoisotopic (exact) mass is 150 g/mol. The lowest BCUT2D eigenvalue weighted by Gasteiger charge is -1.80. The number of aromatic nitrogens is 2. The summed E-state index contributed by atoms with van der Waals surface area (Å²) in [5.74, 6) is 5.40. The molecule has 0 saturated carbocycles. The highest BCUT2D eigenvalue weighted by Gasteiger charge is 1.93. The molecule has 58 valence electrons. The average molecular weight is 150 g/mol. The molecule has 0 spiro atoms. The first-order valence-corrected chi connectivity index (χ1v) is 3.06. The van der Waals surface area contributed by atoms with Gasteiger partial charge >= 0.3 is 0 Å². The summed E-state index contributed by atoms with van der Waals surface area (Å²) in [4.78, 5) is 1.32. The van der Waals surface area contributed by atoms with Gasteiger partial charge in [0.1, 0.15) is 0 Å². The maximum atomic E-state index is 5.40. The second-order valence-electron chi connectivity index (χ2n) is 2.17. The molecule has 1 heterocycles. The zero-order chi connectivity index (χ0) is 6.97. The van der Waals surface area contributed by atoms with Gasteiger partial charge in [-0.25, -0.2) is 0 Å². The van der Waals surface area contributed by atoms with E-state index in [-0.39, 0.29) is 6.15 Å². The van der Waals surface area contributed by atoms with E-state index in [4.69, 9.17) is 5.84 Å². The SMILES string of the molecule is N.Nn1cc2ccccc2n1. The average Bonchev–Trinajstić information content (AvgIpc) is 2.27. The van der Waals surface area contributed by atoms with Crippen LogP contribution in [0.15, 0.2) is 30.5 Å². The number of hydrogen-bond donors (Lipinski definition) is 2. The molecule has 5 N–H and O–H groups in total. The van der Waals surface area contributed by atoms with E-state index >= 15 is 0 Å². The minimum absolute atomic E-state index is 0. The second-order valence-corrected chi connectivity index (χ2v) is 2.17. The zero-order valence-corrected chi connectivity index (χ0v) is 6.07. The first-order valence-electron chi connectivity index (χ1n) is 3.06. The van der Waals surface area contributed by atoms with Crippen LogP contribution in [0.3, 0.4) is 0 Å². The van der Waals surface area contributed by atoms with Gasteiger partial charge in [-0.15, -0.1) is 0 Å². The van der Waals surface area contributed by atoms with Crippen molar-refractivity contribution in [2.45, 2.75) is 0 Å². The molecular weight excluding hydrogens is 140 g/mol. The first-order chi connectivity index (χ1) is 4.86. The van der Waals surface area contributed by atoms with Gasteiger partial charge < -0.3 is 12.0 Å². The summed E-state index contributed by atoms with van der Waals surface area (Å²) in [6, 6.07) is 7.81. The highest BCUT2D eigenvalue weighted by molar-refractivity contribution is 5.77. The minimum atomic E-state index is 0. The number of nitrogens with two attached hydrogens (primary N) is 1. The third kappa shape index (κ3) is 1.15. The van der Waals surface area contributed by atoms with Gasteiger partial charge in [0, 0.05) is 5.39 Å². The van der Waals surface area contributed by atoms with Crippen molar-refractivity contribution < 1.29 is 0 Å². The Morgan fingerprint density at radius 2 is 2.00 bits per heavy atom. The van der Waals surface area contributed by atoms with Gasteiger partial charge in [-0.3, -0.25) is 0 Å². The second kappa shape index (κ2) is 2.59. The molecule has 0 atom stereocenters. The quantitative estimate of drug-likeness (QED) is 0.548. The summed E-state index contributed by atoms with van der Waals surface area (Å²) < 4.78 is 0. The summed E-state index contributed by atoms with van der Waals surface area (Å²) in [6.45, 7) is 0. The number of fused-ring (bicyclic) bond motifs is 1. The van der Waals surface area contributed by atoms with Crippen LogP contribution in [0.5, 0.6) is 0 Å². The van der Waals surface area contributed by atoms with E-state index in [1.165, 1.54) is 4.79 Å². The largest absolute Gasteiger partial charge is 0.344 e. The normalized spacial score (nSPS) is 9.45. The van der Waals surface area contributed by atoms with Crippen LogP contribution in [0.1, 0.15) is 0 Å². The van der Waals surface area contributed by atoms with Crippen LogP contribution < -0.4 is 12.0 Å². The van der Waals surface area contributed by atoms with Gasteiger partial charge in [-0.1, -0.05) is 18.2 Å². The van der Waals surface area contributed by atoms with Gasteiger partial charge in [0.15, 0.2) is 0 Å². The molecule has 0 saturated heterocycles. The van der Waals surface area contributed by atoms with Crippen LogP contribution in [0.25, 0.3) is 10.9 Å². The van der Waals surface area contributed by atoms with Gasteiger partial charge in [0.25, 0.3) is 0 Å². The van der Waals surface area contributed by atoms with Crippen molar-refractivity contribution in [1.82, 2.24) is 16.0 Å². The number of nitrogens with zero attached hydrogens (tertiary/aromatic N) is 2. The third-order valence-electron chi connectivity index (χ3n) is 1.43. The lowest BCUT2D eigenvalue weighted by molar-refractivity contribution is 0.846. The third-order valence-corrected chi connectivity index (χ3v) is 1.43. The Morgan fingerprint density at radius 1 is 1.27 bits per heavy atom. The van der Waals surface area contributed by atoms with Gasteiger partial charge in [0.2, 0.25) is 0 Å². The zero-order valence-electron chi connectivity index (χ0n) is 6.07. The smallest absolute Gasteiger partial charge is 0.0944 e. The fourth-order valence-electron chi connectivity index (χ4n) is 0.984. The van der Waals surface area contributed by atoms with E-state index in [1.54, 1.807) is 6.20 Å². The van der Waals surface area contributed by atoms with E-state index in [9.17, 15) is 0 Å². The molecule has 1 aromatic heterocycles. The molecule has 0 fully saturated rings. The molecule has 4 nitrogen and oxygen atoms in total. The van der Waals surface area contributed by atoms with Crippen molar-refractivity contribution in [3.8, 4) is 0 Å². The van der Waals surface area contributed by atoms with Crippen molar-refractivity contribution in [3.63, 3.8) is 0 Å². The molecular formula is C7H10N4. The topological polar surface area (TPSA) is 78.8 Å². The fourth-order valence-corrected chi connectivity index (χ4v) is 0.984. The maximum Gasteiger partial charge on any atom is 0.0944 e. The van der Waals surface area contributed by atoms with E-state index in [2.05, 4.69) is 5.10 Å². The Hall–Kier alpha value is -1.55. The molecule has 0 aliphatic rings. The highest BCUT2D eigenvalue weighted by Crippen LogP contribution is 2.08. The van der Waals surface area contributed by atoms with E-state index in [0.717, 1.165) is 10.9 Å². The maximum absolute atomic E-state index is 5.40. The fraction of sp³-hybridized carbons (Fsp3) is 0. The Kier molecular flexibility index (Phi) is 1.78. The summed E-state index contributed by atoms with van der Waals surface area (Å²) >= 11 is 0. The lowest BCUT2D eigenvalue weighted by Crippen LogP contribution is -2.07. The number of hydrogen-bond acceptors (Lipinski definition) is 3. The molecule has 0 bridgehead atoms. The molecule has 1 aromatic carbocycles.